The number of aromatic nitrogens is 2. The second kappa shape index (κ2) is 3.74. The molecule has 1 unspecified atom stereocenters. The molecule has 1 heterocycles. The Morgan fingerprint density at radius 2 is 2.33 bits per heavy atom. The Morgan fingerprint density at radius 3 is 3.00 bits per heavy atom. The molecule has 0 bridgehead atoms. The molecule has 3 heteroatoms. The minimum atomic E-state index is 0.433. The molecule has 2 rings (SSSR count). The van der Waals surface area contributed by atoms with E-state index in [1.807, 2.05) is 12.1 Å². The first-order valence-corrected chi connectivity index (χ1v) is 5.14. The van der Waals surface area contributed by atoms with Gasteiger partial charge < -0.3 is 4.98 Å². The van der Waals surface area contributed by atoms with E-state index in [0.717, 1.165) is 23.3 Å². The van der Waals surface area contributed by atoms with Crippen molar-refractivity contribution in [1.29, 1.82) is 5.26 Å². The monoisotopic (exact) mass is 199 g/mol. The summed E-state index contributed by atoms with van der Waals surface area (Å²) in [4.78, 5) is 7.75. The van der Waals surface area contributed by atoms with Gasteiger partial charge in [0.1, 0.15) is 5.82 Å². The maximum Gasteiger partial charge on any atom is 0.110 e. The number of nitrogens with zero attached hydrogens (tertiary/aromatic N) is 2. The van der Waals surface area contributed by atoms with Crippen LogP contribution in [0.4, 0.5) is 0 Å². The van der Waals surface area contributed by atoms with E-state index in [1.54, 1.807) is 6.07 Å². The number of nitriles is 1. The zero-order valence-electron chi connectivity index (χ0n) is 8.91. The Kier molecular flexibility index (Phi) is 2.42. The van der Waals surface area contributed by atoms with Crippen molar-refractivity contribution in [2.24, 2.45) is 0 Å². The highest BCUT2D eigenvalue weighted by molar-refractivity contribution is 5.76. The van der Waals surface area contributed by atoms with E-state index < -0.39 is 0 Å². The van der Waals surface area contributed by atoms with E-state index in [2.05, 4.69) is 29.9 Å². The number of hydrogen-bond donors (Lipinski definition) is 1. The molecule has 0 aliphatic carbocycles. The zero-order valence-corrected chi connectivity index (χ0v) is 8.91. The number of nitrogens with one attached hydrogen (secondary N) is 1. The van der Waals surface area contributed by atoms with Crippen LogP contribution in [0.3, 0.4) is 0 Å². The summed E-state index contributed by atoms with van der Waals surface area (Å²) in [6, 6.07) is 7.65. The van der Waals surface area contributed by atoms with Gasteiger partial charge >= 0.3 is 0 Å². The maximum atomic E-state index is 8.77. The smallest absolute Gasteiger partial charge is 0.110 e. The predicted molar refractivity (Wildman–Crippen MR) is 59.5 cm³/mol. The van der Waals surface area contributed by atoms with Crippen LogP contribution in [-0.2, 0) is 0 Å². The summed E-state index contributed by atoms with van der Waals surface area (Å²) < 4.78 is 0. The van der Waals surface area contributed by atoms with E-state index in [1.165, 1.54) is 0 Å². The fourth-order valence-corrected chi connectivity index (χ4v) is 1.53. The third kappa shape index (κ3) is 1.71. The second-order valence-electron chi connectivity index (χ2n) is 3.78. The zero-order chi connectivity index (χ0) is 10.8. The van der Waals surface area contributed by atoms with Crippen LogP contribution in [0, 0.1) is 11.3 Å². The molecule has 76 valence electrons. The first kappa shape index (κ1) is 9.72. The first-order valence-electron chi connectivity index (χ1n) is 5.14. The van der Waals surface area contributed by atoms with Crippen LogP contribution in [-0.4, -0.2) is 9.97 Å². The average Bonchev–Trinajstić information content (AvgIpc) is 2.70. The van der Waals surface area contributed by atoms with E-state index in [-0.39, 0.29) is 0 Å². The van der Waals surface area contributed by atoms with Crippen LogP contribution in [0.2, 0.25) is 0 Å². The number of aromatic amines is 1. The fraction of sp³-hybridized carbons (Fsp3) is 0.333. The summed E-state index contributed by atoms with van der Waals surface area (Å²) >= 11 is 0. The minimum absolute atomic E-state index is 0.433. The molecule has 2 aromatic rings. The van der Waals surface area contributed by atoms with Crippen molar-refractivity contribution in [3.8, 4) is 6.07 Å². The third-order valence-corrected chi connectivity index (χ3v) is 2.71. The van der Waals surface area contributed by atoms with E-state index >= 15 is 0 Å². The molecule has 0 spiro atoms. The van der Waals surface area contributed by atoms with Gasteiger partial charge in [0.2, 0.25) is 0 Å². The lowest BCUT2D eigenvalue weighted by atomic mass is 10.1. The van der Waals surface area contributed by atoms with Crippen LogP contribution < -0.4 is 0 Å². The molecule has 0 aliphatic rings. The van der Waals surface area contributed by atoms with Gasteiger partial charge in [0.25, 0.3) is 0 Å². The summed E-state index contributed by atoms with van der Waals surface area (Å²) in [5.41, 5.74) is 2.55. The molecule has 0 radical (unpaired) electrons. The van der Waals surface area contributed by atoms with Gasteiger partial charge in [0, 0.05) is 5.92 Å². The third-order valence-electron chi connectivity index (χ3n) is 2.71. The van der Waals surface area contributed by atoms with Crippen molar-refractivity contribution in [2.75, 3.05) is 0 Å². The van der Waals surface area contributed by atoms with E-state index in [9.17, 15) is 0 Å². The second-order valence-corrected chi connectivity index (χ2v) is 3.78. The SMILES string of the molecule is CCC(C)c1nc2ccc(C#N)cc2[nH]1. The molecule has 0 amide bonds. The number of benzene rings is 1. The maximum absolute atomic E-state index is 8.77. The standard InChI is InChI=1S/C12H13N3/c1-3-8(2)12-14-10-5-4-9(7-13)6-11(10)15-12/h4-6,8H,3H2,1-2H3,(H,14,15). The molecule has 0 aliphatic heterocycles. The highest BCUT2D eigenvalue weighted by Crippen LogP contribution is 2.20. The van der Waals surface area contributed by atoms with Crippen LogP contribution >= 0.6 is 0 Å². The predicted octanol–water partition coefficient (Wildman–Crippen LogP) is 2.95. The molecule has 1 aromatic carbocycles. The lowest BCUT2D eigenvalue weighted by Crippen LogP contribution is -1.92. The van der Waals surface area contributed by atoms with Crippen LogP contribution in [0.15, 0.2) is 18.2 Å². The highest BCUT2D eigenvalue weighted by atomic mass is 14.9. The molecule has 0 saturated carbocycles. The number of fused-ring (bicyclic) bond motifs is 1. The summed E-state index contributed by atoms with van der Waals surface area (Å²) in [6.07, 6.45) is 1.06. The van der Waals surface area contributed by atoms with Gasteiger partial charge in [-0.1, -0.05) is 13.8 Å². The molecule has 1 N–H and O–H groups in total. The van der Waals surface area contributed by atoms with E-state index in [4.69, 9.17) is 5.26 Å². The number of rotatable bonds is 2. The van der Waals surface area contributed by atoms with Crippen molar-refractivity contribution >= 4 is 11.0 Å². The van der Waals surface area contributed by atoms with Crippen LogP contribution in [0.1, 0.15) is 37.6 Å². The number of H-pyrrole nitrogens is 1. The van der Waals surface area contributed by atoms with Crippen LogP contribution in [0.5, 0.6) is 0 Å². The topological polar surface area (TPSA) is 52.5 Å². The molecule has 1 atom stereocenters. The minimum Gasteiger partial charge on any atom is -0.342 e. The number of hydrogen-bond acceptors (Lipinski definition) is 2. The largest absolute Gasteiger partial charge is 0.342 e. The number of imidazole rings is 1. The van der Waals surface area contributed by atoms with Crippen molar-refractivity contribution in [3.63, 3.8) is 0 Å². The van der Waals surface area contributed by atoms with E-state index in [0.29, 0.717) is 11.5 Å². The van der Waals surface area contributed by atoms with Gasteiger partial charge in [-0.2, -0.15) is 5.26 Å². The average molecular weight is 199 g/mol. The molecule has 1 aromatic heterocycles. The summed E-state index contributed by atoms with van der Waals surface area (Å²) in [5.74, 6) is 1.44. The summed E-state index contributed by atoms with van der Waals surface area (Å²) in [7, 11) is 0. The highest BCUT2D eigenvalue weighted by Gasteiger charge is 2.08. The molecule has 3 nitrogen and oxygen atoms in total. The molecule has 15 heavy (non-hydrogen) atoms. The van der Waals surface area contributed by atoms with Crippen molar-refractivity contribution < 1.29 is 0 Å². The fourth-order valence-electron chi connectivity index (χ4n) is 1.53. The van der Waals surface area contributed by atoms with Gasteiger partial charge in [0.05, 0.1) is 22.7 Å². The van der Waals surface area contributed by atoms with Gasteiger partial charge in [0.15, 0.2) is 0 Å². The van der Waals surface area contributed by atoms with Gasteiger partial charge in [-0.05, 0) is 24.6 Å². The molecular weight excluding hydrogens is 186 g/mol. The summed E-state index contributed by atoms with van der Waals surface area (Å²) in [6.45, 7) is 4.28. The Morgan fingerprint density at radius 1 is 1.53 bits per heavy atom. The van der Waals surface area contributed by atoms with Gasteiger partial charge in [-0.3, -0.25) is 0 Å². The van der Waals surface area contributed by atoms with Gasteiger partial charge in [-0.15, -0.1) is 0 Å². The Balaban J connectivity index is 2.52. The van der Waals surface area contributed by atoms with Crippen molar-refractivity contribution in [3.05, 3.63) is 29.6 Å². The Bertz CT molecular complexity index is 519. The molecule has 0 saturated heterocycles. The normalized spacial score (nSPS) is 12.6. The molecular formula is C12H13N3. The van der Waals surface area contributed by atoms with Crippen molar-refractivity contribution in [2.45, 2.75) is 26.2 Å². The lowest BCUT2D eigenvalue weighted by Gasteiger charge is -2.01. The van der Waals surface area contributed by atoms with Crippen LogP contribution in [0.25, 0.3) is 11.0 Å². The quantitative estimate of drug-likeness (QED) is 0.808. The lowest BCUT2D eigenvalue weighted by molar-refractivity contribution is 0.692. The summed E-state index contributed by atoms with van der Waals surface area (Å²) in [5, 5.41) is 8.77. The Hall–Kier alpha value is -1.82. The van der Waals surface area contributed by atoms with Crippen molar-refractivity contribution in [1.82, 2.24) is 9.97 Å². The first-order chi connectivity index (χ1) is 7.24. The molecule has 0 fully saturated rings. The van der Waals surface area contributed by atoms with Gasteiger partial charge in [-0.25, -0.2) is 4.98 Å². The Labute approximate surface area is 88.8 Å².